The Hall–Kier alpha value is -2.61. The van der Waals surface area contributed by atoms with Gasteiger partial charge in [-0.3, -0.25) is 14.2 Å². The molecule has 31 heavy (non-hydrogen) atoms. The van der Waals surface area contributed by atoms with E-state index in [9.17, 15) is 9.59 Å². The molecule has 1 amide bonds. The van der Waals surface area contributed by atoms with Crippen molar-refractivity contribution in [2.24, 2.45) is 0 Å². The van der Waals surface area contributed by atoms with Crippen LogP contribution in [0, 0.1) is 6.92 Å². The molecule has 4 rings (SSSR count). The first kappa shape index (κ1) is 21.6. The molecule has 8 heteroatoms. The number of benzene rings is 2. The molecule has 158 valence electrons. The summed E-state index contributed by atoms with van der Waals surface area (Å²) in [4.78, 5) is 30.4. The Morgan fingerprint density at radius 3 is 2.74 bits per heavy atom. The van der Waals surface area contributed by atoms with Crippen LogP contribution in [0.4, 0.5) is 5.69 Å². The van der Waals surface area contributed by atoms with Crippen molar-refractivity contribution in [2.45, 2.75) is 25.5 Å². The Labute approximate surface area is 193 Å². The van der Waals surface area contributed by atoms with E-state index in [1.165, 1.54) is 23.1 Å². The monoisotopic (exact) mass is 469 g/mol. The summed E-state index contributed by atoms with van der Waals surface area (Å²) >= 11 is 8.70. The number of amides is 1. The molecule has 0 aliphatic carbocycles. The van der Waals surface area contributed by atoms with Gasteiger partial charge in [-0.2, -0.15) is 0 Å². The zero-order chi connectivity index (χ0) is 22.0. The van der Waals surface area contributed by atoms with Crippen molar-refractivity contribution in [3.8, 4) is 11.1 Å². The zero-order valence-electron chi connectivity index (χ0n) is 17.0. The second-order valence-corrected chi connectivity index (χ2v) is 9.19. The largest absolute Gasteiger partial charge is 0.325 e. The fraction of sp³-hybridized carbons (Fsp3) is 0.174. The summed E-state index contributed by atoms with van der Waals surface area (Å²) in [5.41, 5.74) is 4.16. The van der Waals surface area contributed by atoms with E-state index >= 15 is 0 Å². The quantitative estimate of drug-likeness (QED) is 0.284. The van der Waals surface area contributed by atoms with Crippen molar-refractivity contribution in [2.75, 3.05) is 11.1 Å². The summed E-state index contributed by atoms with van der Waals surface area (Å²) in [5.74, 6) is -0.0460. The van der Waals surface area contributed by atoms with Gasteiger partial charge in [-0.05, 0) is 37.1 Å². The second kappa shape index (κ2) is 9.26. The molecule has 0 unspecified atom stereocenters. The maximum atomic E-state index is 13.0. The molecule has 0 radical (unpaired) electrons. The number of thioether (sulfide) groups is 1. The van der Waals surface area contributed by atoms with E-state index in [0.717, 1.165) is 16.7 Å². The lowest BCUT2D eigenvalue weighted by atomic mass is 10.1. The zero-order valence-corrected chi connectivity index (χ0v) is 19.4. The number of nitrogens with zero attached hydrogens (tertiary/aromatic N) is 2. The van der Waals surface area contributed by atoms with Gasteiger partial charge in [0.15, 0.2) is 5.16 Å². The molecular weight excluding hydrogens is 450 g/mol. The summed E-state index contributed by atoms with van der Waals surface area (Å²) < 4.78 is 2.25. The normalized spacial score (nSPS) is 11.1. The standard InChI is InChI=1S/C23H20ClN3O2S2/c1-3-27-22(29)21-20(17(12-30-21)15-7-5-4-6-8-15)26-23(27)31-13-19(28)25-18-11-16(24)10-9-14(18)2/h4-12H,3,13H2,1-2H3,(H,25,28). The van der Waals surface area contributed by atoms with Crippen molar-refractivity contribution in [1.82, 2.24) is 9.55 Å². The van der Waals surface area contributed by atoms with Crippen LogP contribution in [0.3, 0.4) is 0 Å². The van der Waals surface area contributed by atoms with Crippen molar-refractivity contribution >= 4 is 56.5 Å². The third-order valence-electron chi connectivity index (χ3n) is 4.85. The lowest BCUT2D eigenvalue weighted by molar-refractivity contribution is -0.113. The van der Waals surface area contributed by atoms with Crippen LogP contribution < -0.4 is 10.9 Å². The van der Waals surface area contributed by atoms with E-state index in [-0.39, 0.29) is 17.2 Å². The van der Waals surface area contributed by atoms with Gasteiger partial charge in [-0.15, -0.1) is 11.3 Å². The molecular formula is C23H20ClN3O2S2. The number of carbonyl (C=O) groups excluding carboxylic acids is 1. The first-order valence-electron chi connectivity index (χ1n) is 9.74. The number of fused-ring (bicyclic) bond motifs is 1. The average Bonchev–Trinajstić information content (AvgIpc) is 3.20. The van der Waals surface area contributed by atoms with Gasteiger partial charge in [0.05, 0.1) is 11.3 Å². The highest BCUT2D eigenvalue weighted by Gasteiger charge is 2.17. The highest BCUT2D eigenvalue weighted by molar-refractivity contribution is 7.99. The van der Waals surface area contributed by atoms with Crippen LogP contribution in [0.2, 0.25) is 5.02 Å². The molecule has 0 aliphatic rings. The maximum Gasteiger partial charge on any atom is 0.272 e. The van der Waals surface area contributed by atoms with Crippen LogP contribution in [0.15, 0.2) is 63.9 Å². The van der Waals surface area contributed by atoms with E-state index in [1.54, 1.807) is 16.7 Å². The Balaban J connectivity index is 1.63. The number of carbonyl (C=O) groups is 1. The number of rotatable bonds is 6. The van der Waals surface area contributed by atoms with Crippen LogP contribution in [0.1, 0.15) is 12.5 Å². The smallest absolute Gasteiger partial charge is 0.272 e. The average molecular weight is 470 g/mol. The topological polar surface area (TPSA) is 64.0 Å². The van der Waals surface area contributed by atoms with Gasteiger partial charge in [0, 0.05) is 28.2 Å². The van der Waals surface area contributed by atoms with E-state index in [0.29, 0.717) is 32.6 Å². The first-order valence-corrected chi connectivity index (χ1v) is 12.0. The minimum absolute atomic E-state index is 0.0757. The highest BCUT2D eigenvalue weighted by Crippen LogP contribution is 2.32. The minimum Gasteiger partial charge on any atom is -0.325 e. The van der Waals surface area contributed by atoms with Gasteiger partial charge in [-0.25, -0.2) is 4.98 Å². The van der Waals surface area contributed by atoms with Gasteiger partial charge in [0.25, 0.3) is 5.56 Å². The minimum atomic E-state index is -0.180. The lowest BCUT2D eigenvalue weighted by Gasteiger charge is -2.11. The molecule has 0 spiro atoms. The molecule has 0 fully saturated rings. The molecule has 4 aromatic rings. The first-order chi connectivity index (χ1) is 15.0. The SMILES string of the molecule is CCn1c(SCC(=O)Nc2cc(Cl)ccc2C)nc2c(-c3ccccc3)csc2c1=O. The van der Waals surface area contributed by atoms with Gasteiger partial charge in [0.1, 0.15) is 4.70 Å². The molecule has 1 N–H and O–H groups in total. The summed E-state index contributed by atoms with van der Waals surface area (Å²) in [6.45, 7) is 4.29. The van der Waals surface area contributed by atoms with E-state index in [4.69, 9.17) is 16.6 Å². The van der Waals surface area contributed by atoms with E-state index in [1.807, 2.05) is 55.6 Å². The van der Waals surface area contributed by atoms with Crippen molar-refractivity contribution in [3.05, 3.63) is 74.9 Å². The highest BCUT2D eigenvalue weighted by atomic mass is 35.5. The Morgan fingerprint density at radius 1 is 1.23 bits per heavy atom. The Kier molecular flexibility index (Phi) is 6.46. The second-order valence-electron chi connectivity index (χ2n) is 6.93. The predicted molar refractivity (Wildman–Crippen MR) is 131 cm³/mol. The number of anilines is 1. The Bertz CT molecular complexity index is 1320. The molecule has 5 nitrogen and oxygen atoms in total. The molecule has 0 saturated carbocycles. The van der Waals surface area contributed by atoms with E-state index in [2.05, 4.69) is 5.32 Å². The third-order valence-corrected chi connectivity index (χ3v) is 7.02. The van der Waals surface area contributed by atoms with E-state index < -0.39 is 0 Å². The van der Waals surface area contributed by atoms with Crippen LogP contribution in [0.5, 0.6) is 0 Å². The van der Waals surface area contributed by atoms with Crippen LogP contribution in [-0.2, 0) is 11.3 Å². The number of aryl methyl sites for hydroxylation is 1. The number of hydrogen-bond acceptors (Lipinski definition) is 5. The summed E-state index contributed by atoms with van der Waals surface area (Å²) in [5, 5.41) is 5.95. The van der Waals surface area contributed by atoms with Gasteiger partial charge < -0.3 is 5.32 Å². The molecule has 0 saturated heterocycles. The summed E-state index contributed by atoms with van der Waals surface area (Å²) in [6, 6.07) is 15.3. The molecule has 0 bridgehead atoms. The summed E-state index contributed by atoms with van der Waals surface area (Å²) in [6.07, 6.45) is 0. The fourth-order valence-corrected chi connectivity index (χ4v) is 5.23. The fourth-order valence-electron chi connectivity index (χ4n) is 3.24. The van der Waals surface area contributed by atoms with Gasteiger partial charge >= 0.3 is 0 Å². The number of aromatic nitrogens is 2. The summed E-state index contributed by atoms with van der Waals surface area (Å²) in [7, 11) is 0. The Morgan fingerprint density at radius 2 is 2.00 bits per heavy atom. The molecule has 2 heterocycles. The molecule has 2 aromatic carbocycles. The number of nitrogens with one attached hydrogen (secondary N) is 1. The number of hydrogen-bond donors (Lipinski definition) is 1. The third kappa shape index (κ3) is 4.54. The van der Waals surface area contributed by atoms with Gasteiger partial charge in [0.2, 0.25) is 5.91 Å². The molecule has 0 atom stereocenters. The lowest BCUT2D eigenvalue weighted by Crippen LogP contribution is -2.23. The number of halogens is 1. The maximum absolute atomic E-state index is 13.0. The number of thiophene rings is 1. The van der Waals surface area contributed by atoms with Crippen LogP contribution in [0.25, 0.3) is 21.3 Å². The molecule has 2 aromatic heterocycles. The van der Waals surface area contributed by atoms with Gasteiger partial charge in [-0.1, -0.05) is 59.8 Å². The molecule has 0 aliphatic heterocycles. The predicted octanol–water partition coefficient (Wildman–Crippen LogP) is 5.84. The van der Waals surface area contributed by atoms with Crippen molar-refractivity contribution < 1.29 is 4.79 Å². The van der Waals surface area contributed by atoms with Crippen molar-refractivity contribution in [3.63, 3.8) is 0 Å². The van der Waals surface area contributed by atoms with Crippen molar-refractivity contribution in [1.29, 1.82) is 0 Å². The van der Waals surface area contributed by atoms with Crippen LogP contribution in [-0.4, -0.2) is 21.2 Å². The van der Waals surface area contributed by atoms with Crippen LogP contribution >= 0.6 is 34.7 Å².